The zero-order chi connectivity index (χ0) is 19.1. The average molecular weight is 396 g/mol. The van der Waals surface area contributed by atoms with Gasteiger partial charge in [-0.15, -0.1) is 0 Å². The topological polar surface area (TPSA) is 38.3 Å². The number of halogens is 1. The molecule has 0 aliphatic heterocycles. The number of ether oxygens (including phenoxy) is 1. The van der Waals surface area contributed by atoms with Gasteiger partial charge in [0.05, 0.1) is 5.56 Å². The normalized spacial score (nSPS) is 30.2. The van der Waals surface area contributed by atoms with Crippen LogP contribution in [-0.4, -0.2) is 11.4 Å². The summed E-state index contributed by atoms with van der Waals surface area (Å²) < 4.78 is 6.00. The molecule has 1 N–H and O–H groups in total. The molecule has 4 aliphatic rings. The van der Waals surface area contributed by atoms with Gasteiger partial charge in [-0.25, -0.2) is 0 Å². The molecule has 0 unspecified atom stereocenters. The van der Waals surface area contributed by atoms with Gasteiger partial charge < -0.3 is 10.1 Å². The molecule has 4 saturated carbocycles. The maximum absolute atomic E-state index is 13.3. The number of carbonyl (C=O) groups is 1. The summed E-state index contributed by atoms with van der Waals surface area (Å²) in [6.45, 7) is 0.431. The summed E-state index contributed by atoms with van der Waals surface area (Å²) in [5, 5.41) is 3.99. The summed E-state index contributed by atoms with van der Waals surface area (Å²) in [6.07, 6.45) is 7.47. The van der Waals surface area contributed by atoms with Crippen molar-refractivity contribution in [3.63, 3.8) is 0 Å². The molecule has 0 spiro atoms. The highest BCUT2D eigenvalue weighted by atomic mass is 35.5. The second-order valence-electron chi connectivity index (χ2n) is 9.07. The molecule has 2 aromatic rings. The van der Waals surface area contributed by atoms with E-state index in [4.69, 9.17) is 16.3 Å². The first-order valence-corrected chi connectivity index (χ1v) is 10.8. The number of nitrogens with one attached hydrogen (secondary N) is 1. The number of benzene rings is 2. The molecule has 0 saturated heterocycles. The van der Waals surface area contributed by atoms with Gasteiger partial charge in [0, 0.05) is 10.6 Å². The van der Waals surface area contributed by atoms with Crippen LogP contribution in [0.5, 0.6) is 5.75 Å². The molecule has 6 rings (SSSR count). The first kappa shape index (κ1) is 18.1. The van der Waals surface area contributed by atoms with Crippen LogP contribution in [0.25, 0.3) is 0 Å². The zero-order valence-corrected chi connectivity index (χ0v) is 16.8. The number of hydrogen-bond donors (Lipinski definition) is 1. The molecule has 3 nitrogen and oxygen atoms in total. The van der Waals surface area contributed by atoms with Gasteiger partial charge in [0.1, 0.15) is 12.4 Å². The Morgan fingerprint density at radius 2 is 1.64 bits per heavy atom. The van der Waals surface area contributed by atoms with E-state index >= 15 is 0 Å². The van der Waals surface area contributed by atoms with E-state index in [0.29, 0.717) is 22.9 Å². The van der Waals surface area contributed by atoms with Crippen molar-refractivity contribution in [2.45, 2.75) is 50.7 Å². The molecule has 0 aromatic heterocycles. The monoisotopic (exact) mass is 395 g/mol. The largest absolute Gasteiger partial charge is 0.488 e. The number of hydrogen-bond acceptors (Lipinski definition) is 2. The first-order chi connectivity index (χ1) is 13.6. The fraction of sp³-hybridized carbons (Fsp3) is 0.458. The molecule has 2 aromatic carbocycles. The number of carbonyl (C=O) groups excluding carboxylic acids is 1. The molecule has 28 heavy (non-hydrogen) atoms. The van der Waals surface area contributed by atoms with Crippen molar-refractivity contribution in [1.82, 2.24) is 5.32 Å². The van der Waals surface area contributed by atoms with Crippen LogP contribution in [0.2, 0.25) is 5.02 Å². The number of amides is 1. The van der Waals surface area contributed by atoms with Gasteiger partial charge in [0.2, 0.25) is 0 Å². The van der Waals surface area contributed by atoms with Crippen LogP contribution >= 0.6 is 11.6 Å². The Hall–Kier alpha value is -2.00. The summed E-state index contributed by atoms with van der Waals surface area (Å²) >= 11 is 6.22. The predicted molar refractivity (Wildman–Crippen MR) is 111 cm³/mol. The highest BCUT2D eigenvalue weighted by molar-refractivity contribution is 6.31. The third kappa shape index (κ3) is 3.53. The Kier molecular flexibility index (Phi) is 4.59. The lowest BCUT2D eigenvalue weighted by Gasteiger charge is -2.56. The summed E-state index contributed by atoms with van der Waals surface area (Å²) in [7, 11) is 0. The second kappa shape index (κ2) is 7.11. The van der Waals surface area contributed by atoms with Crippen LogP contribution in [0.15, 0.2) is 48.5 Å². The van der Waals surface area contributed by atoms with Gasteiger partial charge in [-0.1, -0.05) is 41.9 Å². The van der Waals surface area contributed by atoms with E-state index in [1.807, 2.05) is 30.3 Å². The number of rotatable bonds is 5. The van der Waals surface area contributed by atoms with Crippen molar-refractivity contribution >= 4 is 17.5 Å². The maximum Gasteiger partial charge on any atom is 0.255 e. The van der Waals surface area contributed by atoms with Crippen molar-refractivity contribution in [2.75, 3.05) is 0 Å². The second-order valence-corrected chi connectivity index (χ2v) is 9.50. The molecule has 0 radical (unpaired) electrons. The fourth-order valence-corrected chi connectivity index (χ4v) is 6.28. The van der Waals surface area contributed by atoms with Crippen LogP contribution in [0.1, 0.15) is 54.4 Å². The van der Waals surface area contributed by atoms with E-state index in [-0.39, 0.29) is 11.4 Å². The predicted octanol–water partition coefficient (Wildman–Crippen LogP) is 5.62. The quantitative estimate of drug-likeness (QED) is 0.713. The van der Waals surface area contributed by atoms with Crippen LogP contribution in [0, 0.1) is 17.8 Å². The Morgan fingerprint density at radius 3 is 2.29 bits per heavy atom. The summed E-state index contributed by atoms with van der Waals surface area (Å²) in [6, 6.07) is 15.3. The van der Waals surface area contributed by atoms with Gasteiger partial charge in [-0.2, -0.15) is 0 Å². The molecule has 146 valence electrons. The maximum atomic E-state index is 13.3. The lowest BCUT2D eigenvalue weighted by atomic mass is 9.53. The Labute approximate surface area is 171 Å². The minimum Gasteiger partial charge on any atom is -0.488 e. The minimum atomic E-state index is -0.0486. The Balaban J connectivity index is 1.35. The lowest BCUT2D eigenvalue weighted by Crippen LogP contribution is -2.59. The molecule has 4 aliphatic carbocycles. The first-order valence-electron chi connectivity index (χ1n) is 10.4. The van der Waals surface area contributed by atoms with Crippen molar-refractivity contribution in [2.24, 2.45) is 17.8 Å². The highest BCUT2D eigenvalue weighted by Crippen LogP contribution is 2.55. The Morgan fingerprint density at radius 1 is 1.00 bits per heavy atom. The fourth-order valence-electron chi connectivity index (χ4n) is 6.11. The Bertz CT molecular complexity index is 844. The smallest absolute Gasteiger partial charge is 0.255 e. The third-order valence-corrected chi connectivity index (χ3v) is 7.08. The molecule has 1 amide bonds. The van der Waals surface area contributed by atoms with Crippen molar-refractivity contribution in [3.05, 3.63) is 64.7 Å². The van der Waals surface area contributed by atoms with Gasteiger partial charge in [-0.3, -0.25) is 4.79 Å². The van der Waals surface area contributed by atoms with Gasteiger partial charge in [0.25, 0.3) is 5.91 Å². The van der Waals surface area contributed by atoms with Crippen molar-refractivity contribution < 1.29 is 9.53 Å². The average Bonchev–Trinajstić information content (AvgIpc) is 2.66. The summed E-state index contributed by atoms with van der Waals surface area (Å²) in [4.78, 5) is 13.3. The molecule has 0 heterocycles. The van der Waals surface area contributed by atoms with E-state index in [9.17, 15) is 4.79 Å². The molecular weight excluding hydrogens is 370 g/mol. The van der Waals surface area contributed by atoms with Gasteiger partial charge in [-0.05, 0) is 80.0 Å². The van der Waals surface area contributed by atoms with Gasteiger partial charge >= 0.3 is 0 Å². The van der Waals surface area contributed by atoms with Gasteiger partial charge in [0.15, 0.2) is 0 Å². The van der Waals surface area contributed by atoms with Crippen molar-refractivity contribution in [1.29, 1.82) is 0 Å². The SMILES string of the molecule is O=C(NC12CC3CC(CC(C3)C1)C2)c1cc(Cl)ccc1OCc1ccccc1. The van der Waals surface area contributed by atoms with E-state index < -0.39 is 0 Å². The lowest BCUT2D eigenvalue weighted by molar-refractivity contribution is -0.0167. The van der Waals surface area contributed by atoms with Crippen LogP contribution in [-0.2, 0) is 6.61 Å². The standard InChI is InChI=1S/C24H26ClNO2/c25-20-6-7-22(28-15-16-4-2-1-3-5-16)21(11-20)23(27)26-24-12-17-8-18(13-24)10-19(9-17)14-24/h1-7,11,17-19H,8-10,12-15H2,(H,26,27). The van der Waals surface area contributed by atoms with E-state index in [1.165, 1.54) is 19.3 Å². The molecule has 4 bridgehead atoms. The minimum absolute atomic E-state index is 0.0230. The van der Waals surface area contributed by atoms with Crippen LogP contribution in [0.4, 0.5) is 0 Å². The van der Waals surface area contributed by atoms with Crippen molar-refractivity contribution in [3.8, 4) is 5.75 Å². The molecule has 4 heteroatoms. The summed E-state index contributed by atoms with van der Waals surface area (Å²) in [5.74, 6) is 2.92. The molecule has 0 atom stereocenters. The van der Waals surface area contributed by atoms with E-state index in [1.54, 1.807) is 18.2 Å². The van der Waals surface area contributed by atoms with E-state index in [0.717, 1.165) is 42.6 Å². The molecular formula is C24H26ClNO2. The van der Waals surface area contributed by atoms with Crippen LogP contribution in [0.3, 0.4) is 0 Å². The van der Waals surface area contributed by atoms with E-state index in [2.05, 4.69) is 5.32 Å². The zero-order valence-electron chi connectivity index (χ0n) is 16.0. The third-order valence-electron chi connectivity index (χ3n) is 6.84. The highest BCUT2D eigenvalue weighted by Gasteiger charge is 2.51. The van der Waals surface area contributed by atoms with Crippen LogP contribution < -0.4 is 10.1 Å². The summed E-state index contributed by atoms with van der Waals surface area (Å²) in [5.41, 5.74) is 1.59. The molecule has 4 fully saturated rings.